The van der Waals surface area contributed by atoms with E-state index >= 15 is 0 Å². The Hall–Kier alpha value is -1.30. The van der Waals surface area contributed by atoms with E-state index in [1.54, 1.807) is 0 Å². The predicted molar refractivity (Wildman–Crippen MR) is 44.6 cm³/mol. The van der Waals surface area contributed by atoms with Crippen molar-refractivity contribution in [2.45, 2.75) is 30.4 Å². The van der Waals surface area contributed by atoms with Crippen molar-refractivity contribution in [3.63, 3.8) is 0 Å². The van der Waals surface area contributed by atoms with Crippen LogP contribution in [0.15, 0.2) is 0 Å². The smallest absolute Gasteiger partial charge is 0.270 e. The Labute approximate surface area is 122 Å². The predicted octanol–water partition coefficient (Wildman–Crippen LogP) is 2.28. The molecule has 1 rings (SSSR count). The summed E-state index contributed by atoms with van der Waals surface area (Å²) in [6.45, 7) is 0. The summed E-state index contributed by atoms with van der Waals surface area (Å²) in [5, 5.41) is -8.20. The number of carbonyl (C=O) groups excluding carboxylic acids is 1. The number of hydrogen-bond acceptors (Lipinski definition) is 4. The van der Waals surface area contributed by atoms with Crippen molar-refractivity contribution in [2.75, 3.05) is 0 Å². The van der Waals surface area contributed by atoms with Gasteiger partial charge < -0.3 is 0 Å². The molecule has 1 heterocycles. The highest BCUT2D eigenvalue weighted by Crippen LogP contribution is 2.58. The van der Waals surface area contributed by atoms with Gasteiger partial charge in [0.1, 0.15) is 0 Å². The first-order valence-corrected chi connectivity index (χ1v) is 6.26. The van der Waals surface area contributed by atoms with Gasteiger partial charge in [0.05, 0.1) is 0 Å². The Bertz CT molecular complexity index is 626. The number of hydrogen-bond donors (Lipinski definition) is 0. The lowest BCUT2D eigenvalue weighted by atomic mass is 10.2. The molecule has 0 atom stereocenters. The van der Waals surface area contributed by atoms with Crippen LogP contribution in [-0.2, 0) is 14.8 Å². The van der Waals surface area contributed by atoms with E-state index in [1.165, 1.54) is 0 Å². The van der Waals surface area contributed by atoms with Gasteiger partial charge in [-0.2, -0.15) is 48.3 Å². The number of rotatable bonds is 1. The third-order valence-corrected chi connectivity index (χ3v) is 4.07. The zero-order chi connectivity index (χ0) is 19.7. The highest BCUT2D eigenvalue weighted by atomic mass is 32.2. The van der Waals surface area contributed by atoms with Crippen molar-refractivity contribution in [3.8, 4) is 0 Å². The number of alkyl halides is 11. The maximum atomic E-state index is 13.2. The molecule has 0 unspecified atom stereocenters. The van der Waals surface area contributed by atoms with Crippen LogP contribution in [0.25, 0.3) is 0 Å². The zero-order valence-corrected chi connectivity index (χ0v) is 10.9. The monoisotopic (exact) mass is 408 g/mol. The van der Waals surface area contributed by atoms with Crippen LogP contribution in [0.5, 0.6) is 0 Å². The lowest BCUT2D eigenvalue weighted by Gasteiger charge is -2.48. The molecule has 0 aromatic heterocycles. The summed E-state index contributed by atoms with van der Waals surface area (Å²) in [6, 6.07) is -28.5. The lowest BCUT2D eigenvalue weighted by Crippen LogP contribution is -2.80. The highest BCUT2D eigenvalue weighted by molar-refractivity contribution is 8.04. The lowest BCUT2D eigenvalue weighted by molar-refractivity contribution is -0.523. The van der Waals surface area contributed by atoms with E-state index in [0.717, 1.165) is 0 Å². The largest absolute Gasteiger partial charge is 0.467 e. The molecule has 0 aliphatic carbocycles. The van der Waals surface area contributed by atoms with E-state index in [1.807, 2.05) is 0 Å². The molecule has 24 heavy (non-hydrogen) atoms. The van der Waals surface area contributed by atoms with Gasteiger partial charge in [0.15, 0.2) is 0 Å². The fourth-order valence-electron chi connectivity index (χ4n) is 1.36. The van der Waals surface area contributed by atoms with Crippen molar-refractivity contribution in [2.24, 2.45) is 0 Å². The normalized spacial score (nSPS) is 27.0. The van der Waals surface area contributed by atoms with Crippen LogP contribution in [0.4, 0.5) is 52.8 Å². The first-order valence-electron chi connectivity index (χ1n) is 4.82. The maximum Gasteiger partial charge on any atom is 0.467 e. The van der Waals surface area contributed by atoms with Gasteiger partial charge in [-0.25, -0.2) is 8.42 Å². The van der Waals surface area contributed by atoms with E-state index in [9.17, 15) is 66.0 Å². The first kappa shape index (κ1) is 20.7. The van der Waals surface area contributed by atoms with Crippen LogP contribution in [0, 0.1) is 0 Å². The molecule has 1 aliphatic heterocycles. The number of sulfonamides is 1. The molecule has 0 aromatic carbocycles. The summed E-state index contributed by atoms with van der Waals surface area (Å²) < 4.78 is 171. The molecule has 18 heteroatoms. The Morgan fingerprint density at radius 1 is 0.750 bits per heavy atom. The number of carbonyl (C=O) groups is 1. The first-order chi connectivity index (χ1) is 10.2. The standard InChI is InChI=1S/C6F12N2O3S/c7-2(8,9)1(21)24(22,23)20-5(14,15)3(10,11)19(18)4(12,13)6(20,16)17. The SMILES string of the molecule is O=C(C(F)(F)F)S(=O)(=O)N1C(F)(F)C(F)(F)N(F)C(F)(F)C1(F)F. The van der Waals surface area contributed by atoms with Gasteiger partial charge in [0, 0.05) is 0 Å². The van der Waals surface area contributed by atoms with Crippen molar-refractivity contribution in [3.05, 3.63) is 0 Å². The van der Waals surface area contributed by atoms with Gasteiger partial charge in [-0.3, -0.25) is 4.79 Å². The highest BCUT2D eigenvalue weighted by Gasteiger charge is 2.89. The van der Waals surface area contributed by atoms with Crippen molar-refractivity contribution < 1.29 is 66.0 Å². The summed E-state index contributed by atoms with van der Waals surface area (Å²) >= 11 is 0. The molecule has 0 spiro atoms. The third-order valence-electron chi connectivity index (χ3n) is 2.43. The second-order valence-electron chi connectivity index (χ2n) is 4.00. The van der Waals surface area contributed by atoms with Gasteiger partial charge in [0.2, 0.25) is 0 Å². The van der Waals surface area contributed by atoms with Crippen LogP contribution in [-0.4, -0.2) is 53.3 Å². The molecule has 1 saturated heterocycles. The van der Waals surface area contributed by atoms with Crippen LogP contribution in [0.1, 0.15) is 0 Å². The Morgan fingerprint density at radius 2 is 1.04 bits per heavy atom. The molecule has 142 valence electrons. The average Bonchev–Trinajstić information content (AvgIpc) is 2.32. The minimum atomic E-state index is -7.88. The molecule has 0 saturated carbocycles. The maximum absolute atomic E-state index is 13.2. The van der Waals surface area contributed by atoms with Crippen molar-refractivity contribution in [1.29, 1.82) is 0 Å². The molecule has 1 fully saturated rings. The molecule has 0 bridgehead atoms. The van der Waals surface area contributed by atoms with Gasteiger partial charge in [0.25, 0.3) is 10.0 Å². The zero-order valence-electron chi connectivity index (χ0n) is 10.1. The van der Waals surface area contributed by atoms with E-state index in [2.05, 4.69) is 0 Å². The van der Waals surface area contributed by atoms with E-state index in [4.69, 9.17) is 0 Å². The summed E-state index contributed by atoms with van der Waals surface area (Å²) in [5.41, 5.74) is 0. The molecule has 5 nitrogen and oxygen atoms in total. The molecule has 0 amide bonds. The number of halogens is 12. The fraction of sp³-hybridized carbons (Fsp3) is 0.833. The van der Waals surface area contributed by atoms with Gasteiger partial charge in [-0.1, -0.05) is 4.31 Å². The van der Waals surface area contributed by atoms with E-state index in [-0.39, 0.29) is 0 Å². The van der Waals surface area contributed by atoms with Gasteiger partial charge >= 0.3 is 35.5 Å². The van der Waals surface area contributed by atoms with Gasteiger partial charge in [-0.05, 0) is 5.12 Å². The van der Waals surface area contributed by atoms with Crippen LogP contribution in [0.2, 0.25) is 0 Å². The van der Waals surface area contributed by atoms with Crippen molar-refractivity contribution in [1.82, 2.24) is 9.43 Å². The molecular formula is C6F12N2O3S. The Morgan fingerprint density at radius 3 is 1.29 bits per heavy atom. The Kier molecular flexibility index (Phi) is 4.21. The Balaban J connectivity index is 3.80. The minimum absolute atomic E-state index is 3.65. The van der Waals surface area contributed by atoms with E-state index < -0.39 is 54.9 Å². The second-order valence-corrected chi connectivity index (χ2v) is 5.69. The van der Waals surface area contributed by atoms with Gasteiger partial charge in [-0.15, -0.1) is 4.48 Å². The average molecular weight is 408 g/mol. The summed E-state index contributed by atoms with van der Waals surface area (Å²) in [5.74, 6) is 0. The molecule has 0 radical (unpaired) electrons. The quantitative estimate of drug-likeness (QED) is 0.380. The van der Waals surface area contributed by atoms with Crippen LogP contribution < -0.4 is 0 Å². The molecule has 1 aliphatic rings. The fourth-order valence-corrected chi connectivity index (χ4v) is 2.65. The van der Waals surface area contributed by atoms with E-state index in [0.29, 0.717) is 0 Å². The number of piperazine rings is 1. The third kappa shape index (κ3) is 2.33. The van der Waals surface area contributed by atoms with Crippen LogP contribution >= 0.6 is 0 Å². The summed E-state index contributed by atoms with van der Waals surface area (Å²) in [7, 11) is -7.88. The summed E-state index contributed by atoms with van der Waals surface area (Å²) in [4.78, 5) is 10.4. The van der Waals surface area contributed by atoms with Crippen LogP contribution in [0.3, 0.4) is 0 Å². The molecular weight excluding hydrogens is 408 g/mol. The number of nitrogens with zero attached hydrogens (tertiary/aromatic N) is 2. The van der Waals surface area contributed by atoms with Crippen molar-refractivity contribution >= 4 is 15.1 Å². The molecule has 0 aromatic rings. The second kappa shape index (κ2) is 4.87. The molecule has 0 N–H and O–H groups in total. The summed E-state index contributed by atoms with van der Waals surface area (Å²) in [6.07, 6.45) is -6.71. The minimum Gasteiger partial charge on any atom is -0.270 e. The topological polar surface area (TPSA) is 57.7 Å².